The third-order valence-electron chi connectivity index (χ3n) is 2.53. The van der Waals surface area contributed by atoms with Crippen molar-refractivity contribution in [2.75, 3.05) is 17.2 Å². The molecule has 4 heteroatoms. The van der Waals surface area contributed by atoms with Crippen molar-refractivity contribution in [3.63, 3.8) is 0 Å². The highest BCUT2D eigenvalue weighted by Gasteiger charge is 2.22. The van der Waals surface area contributed by atoms with Crippen molar-refractivity contribution in [2.24, 2.45) is 5.92 Å². The Hall–Kier alpha value is -0.640. The first-order valence-electron chi connectivity index (χ1n) is 5.49. The molecule has 1 saturated carbocycles. The van der Waals surface area contributed by atoms with Gasteiger partial charge in [-0.2, -0.15) is 0 Å². The standard InChI is InChI=1S/C11H16BrN3/c12-4-1-5-13-11-7-10(14-8-15-11)6-9-2-3-9/h7-9H,1-6H2,(H,13,14,15). The molecule has 0 bridgehead atoms. The molecule has 0 unspecified atom stereocenters. The lowest BCUT2D eigenvalue weighted by Gasteiger charge is -2.05. The largest absolute Gasteiger partial charge is 0.370 e. The first kappa shape index (κ1) is 10.9. The predicted molar refractivity (Wildman–Crippen MR) is 65.4 cm³/mol. The fourth-order valence-electron chi connectivity index (χ4n) is 1.51. The maximum absolute atomic E-state index is 4.29. The number of hydrogen-bond acceptors (Lipinski definition) is 3. The summed E-state index contributed by atoms with van der Waals surface area (Å²) in [6, 6.07) is 2.08. The second kappa shape index (κ2) is 5.45. The van der Waals surface area contributed by atoms with Gasteiger partial charge in [0.15, 0.2) is 0 Å². The molecule has 1 aromatic rings. The van der Waals surface area contributed by atoms with Crippen LogP contribution < -0.4 is 5.32 Å². The molecule has 15 heavy (non-hydrogen) atoms. The molecule has 0 atom stereocenters. The lowest BCUT2D eigenvalue weighted by atomic mass is 10.2. The van der Waals surface area contributed by atoms with Gasteiger partial charge in [-0.05, 0) is 31.6 Å². The van der Waals surface area contributed by atoms with Crippen LogP contribution in [0.15, 0.2) is 12.4 Å². The van der Waals surface area contributed by atoms with Crippen LogP contribution in [-0.4, -0.2) is 21.8 Å². The van der Waals surface area contributed by atoms with Crippen LogP contribution in [0.4, 0.5) is 5.82 Å². The Labute approximate surface area is 98.8 Å². The topological polar surface area (TPSA) is 37.8 Å². The molecule has 0 saturated heterocycles. The zero-order valence-electron chi connectivity index (χ0n) is 8.75. The number of aromatic nitrogens is 2. The zero-order valence-corrected chi connectivity index (χ0v) is 10.3. The Balaban J connectivity index is 1.86. The molecule has 0 spiro atoms. The minimum Gasteiger partial charge on any atom is -0.370 e. The van der Waals surface area contributed by atoms with Crippen molar-refractivity contribution in [2.45, 2.75) is 25.7 Å². The third kappa shape index (κ3) is 3.78. The summed E-state index contributed by atoms with van der Waals surface area (Å²) >= 11 is 3.41. The highest BCUT2D eigenvalue weighted by molar-refractivity contribution is 9.09. The van der Waals surface area contributed by atoms with E-state index in [0.717, 1.165) is 36.5 Å². The Morgan fingerprint density at radius 1 is 1.40 bits per heavy atom. The minimum absolute atomic E-state index is 0.885. The van der Waals surface area contributed by atoms with Gasteiger partial charge in [-0.15, -0.1) is 0 Å². The molecule has 0 radical (unpaired) electrons. The van der Waals surface area contributed by atoms with Crippen molar-refractivity contribution >= 4 is 21.7 Å². The Bertz CT molecular complexity index is 312. The molecule has 0 aromatic carbocycles. The highest BCUT2D eigenvalue weighted by Crippen LogP contribution is 2.32. The molecule has 1 aliphatic carbocycles. The predicted octanol–water partition coefficient (Wildman–Crippen LogP) is 2.63. The molecule has 1 aliphatic rings. The van der Waals surface area contributed by atoms with E-state index in [-0.39, 0.29) is 0 Å². The van der Waals surface area contributed by atoms with Crippen LogP contribution in [0.1, 0.15) is 25.0 Å². The van der Waals surface area contributed by atoms with E-state index in [0.29, 0.717) is 0 Å². The summed E-state index contributed by atoms with van der Waals surface area (Å²) < 4.78 is 0. The fraction of sp³-hybridized carbons (Fsp3) is 0.636. The smallest absolute Gasteiger partial charge is 0.129 e. The zero-order chi connectivity index (χ0) is 10.5. The number of anilines is 1. The van der Waals surface area contributed by atoms with Crippen molar-refractivity contribution in [1.82, 2.24) is 9.97 Å². The Morgan fingerprint density at radius 2 is 2.27 bits per heavy atom. The lowest BCUT2D eigenvalue weighted by molar-refractivity contribution is 0.798. The van der Waals surface area contributed by atoms with Crippen LogP contribution in [0.3, 0.4) is 0 Å². The van der Waals surface area contributed by atoms with Gasteiger partial charge >= 0.3 is 0 Å². The normalized spacial score (nSPS) is 15.3. The second-order valence-corrected chi connectivity index (χ2v) is 4.80. The molecule has 2 rings (SSSR count). The first-order valence-corrected chi connectivity index (χ1v) is 6.61. The van der Waals surface area contributed by atoms with Gasteiger partial charge in [0, 0.05) is 23.6 Å². The summed E-state index contributed by atoms with van der Waals surface area (Å²) in [7, 11) is 0. The van der Waals surface area contributed by atoms with Crippen LogP contribution in [0.5, 0.6) is 0 Å². The van der Waals surface area contributed by atoms with Crippen LogP contribution >= 0.6 is 15.9 Å². The van der Waals surface area contributed by atoms with Gasteiger partial charge in [0.05, 0.1) is 0 Å². The molecule has 0 aliphatic heterocycles. The molecule has 1 aromatic heterocycles. The number of halogens is 1. The van der Waals surface area contributed by atoms with Gasteiger partial charge < -0.3 is 5.32 Å². The van der Waals surface area contributed by atoms with Gasteiger partial charge in [-0.25, -0.2) is 9.97 Å². The van der Waals surface area contributed by atoms with E-state index in [9.17, 15) is 0 Å². The molecular weight excluding hydrogens is 254 g/mol. The van der Waals surface area contributed by atoms with E-state index in [4.69, 9.17) is 0 Å². The van der Waals surface area contributed by atoms with Crippen LogP contribution in [-0.2, 0) is 6.42 Å². The molecule has 1 fully saturated rings. The fourth-order valence-corrected chi connectivity index (χ4v) is 1.79. The Morgan fingerprint density at radius 3 is 3.00 bits per heavy atom. The molecule has 3 nitrogen and oxygen atoms in total. The maximum Gasteiger partial charge on any atom is 0.129 e. The summed E-state index contributed by atoms with van der Waals surface area (Å²) in [5.41, 5.74) is 1.17. The summed E-state index contributed by atoms with van der Waals surface area (Å²) in [6.45, 7) is 0.963. The summed E-state index contributed by atoms with van der Waals surface area (Å²) in [4.78, 5) is 8.49. The average Bonchev–Trinajstić information content (AvgIpc) is 3.03. The molecule has 0 amide bonds. The molecule has 82 valence electrons. The van der Waals surface area contributed by atoms with Gasteiger partial charge in [-0.3, -0.25) is 0 Å². The van der Waals surface area contributed by atoms with Crippen molar-refractivity contribution in [3.8, 4) is 0 Å². The number of nitrogens with zero attached hydrogens (tertiary/aromatic N) is 2. The van der Waals surface area contributed by atoms with E-state index in [2.05, 4.69) is 37.3 Å². The number of rotatable bonds is 6. The number of hydrogen-bond donors (Lipinski definition) is 1. The van der Waals surface area contributed by atoms with E-state index in [1.54, 1.807) is 6.33 Å². The van der Waals surface area contributed by atoms with E-state index in [1.807, 2.05) is 0 Å². The van der Waals surface area contributed by atoms with Gasteiger partial charge in [0.25, 0.3) is 0 Å². The van der Waals surface area contributed by atoms with Crippen LogP contribution in [0.25, 0.3) is 0 Å². The van der Waals surface area contributed by atoms with Gasteiger partial charge in [-0.1, -0.05) is 15.9 Å². The maximum atomic E-state index is 4.29. The van der Waals surface area contributed by atoms with E-state index >= 15 is 0 Å². The molecule has 1 N–H and O–H groups in total. The van der Waals surface area contributed by atoms with Crippen molar-refractivity contribution in [1.29, 1.82) is 0 Å². The van der Waals surface area contributed by atoms with E-state index < -0.39 is 0 Å². The molecular formula is C11H16BrN3. The van der Waals surface area contributed by atoms with E-state index in [1.165, 1.54) is 18.5 Å². The van der Waals surface area contributed by atoms with Gasteiger partial charge in [0.1, 0.15) is 12.1 Å². The lowest BCUT2D eigenvalue weighted by Crippen LogP contribution is -2.05. The van der Waals surface area contributed by atoms with Crippen LogP contribution in [0, 0.1) is 5.92 Å². The summed E-state index contributed by atoms with van der Waals surface area (Å²) in [5.74, 6) is 1.84. The van der Waals surface area contributed by atoms with Gasteiger partial charge in [0.2, 0.25) is 0 Å². The monoisotopic (exact) mass is 269 g/mol. The van der Waals surface area contributed by atoms with Crippen molar-refractivity contribution in [3.05, 3.63) is 18.1 Å². The van der Waals surface area contributed by atoms with Crippen molar-refractivity contribution < 1.29 is 0 Å². The second-order valence-electron chi connectivity index (χ2n) is 4.01. The Kier molecular flexibility index (Phi) is 3.94. The SMILES string of the molecule is BrCCCNc1cc(CC2CC2)ncn1. The average molecular weight is 270 g/mol. The highest BCUT2D eigenvalue weighted by atomic mass is 79.9. The minimum atomic E-state index is 0.885. The first-order chi connectivity index (χ1) is 7.38. The van der Waals surface area contributed by atoms with Crippen LogP contribution in [0.2, 0.25) is 0 Å². The number of nitrogens with one attached hydrogen (secondary N) is 1. The summed E-state index contributed by atoms with van der Waals surface area (Å²) in [6.07, 6.45) is 6.64. The third-order valence-corrected chi connectivity index (χ3v) is 3.10. The quantitative estimate of drug-likeness (QED) is 0.638. The number of alkyl halides is 1. The molecule has 1 heterocycles. The summed E-state index contributed by atoms with van der Waals surface area (Å²) in [5, 5.41) is 4.33.